The maximum Gasteiger partial charge on any atom is 0.354 e. The van der Waals surface area contributed by atoms with Crippen molar-refractivity contribution in [3.63, 3.8) is 0 Å². The van der Waals surface area contributed by atoms with E-state index in [-0.39, 0.29) is 0 Å². The van der Waals surface area contributed by atoms with Gasteiger partial charge in [0.1, 0.15) is 5.69 Å². The zero-order valence-corrected chi connectivity index (χ0v) is 10.5. The molecular formula is C12H9Cl2NO2. The van der Waals surface area contributed by atoms with Crippen LogP contribution in [0.1, 0.15) is 10.5 Å². The Labute approximate surface area is 108 Å². The van der Waals surface area contributed by atoms with Crippen LogP contribution in [0.25, 0.3) is 11.1 Å². The second-order valence-electron chi connectivity index (χ2n) is 3.42. The molecule has 0 unspecified atom stereocenters. The van der Waals surface area contributed by atoms with Gasteiger partial charge in [-0.3, -0.25) is 0 Å². The number of halogens is 2. The van der Waals surface area contributed by atoms with E-state index in [4.69, 9.17) is 23.2 Å². The van der Waals surface area contributed by atoms with Crippen molar-refractivity contribution < 1.29 is 9.53 Å². The van der Waals surface area contributed by atoms with Crippen LogP contribution < -0.4 is 0 Å². The normalized spacial score (nSPS) is 10.3. The van der Waals surface area contributed by atoms with Crippen LogP contribution in [0.4, 0.5) is 0 Å². The molecule has 0 bridgehead atoms. The van der Waals surface area contributed by atoms with Gasteiger partial charge in [-0.1, -0.05) is 29.3 Å². The first-order valence-corrected chi connectivity index (χ1v) is 5.59. The Hall–Kier alpha value is -1.45. The van der Waals surface area contributed by atoms with Gasteiger partial charge in [0.25, 0.3) is 0 Å². The van der Waals surface area contributed by atoms with E-state index in [1.807, 2.05) is 6.07 Å². The van der Waals surface area contributed by atoms with Crippen LogP contribution in [0, 0.1) is 0 Å². The molecule has 0 spiro atoms. The molecule has 0 amide bonds. The Morgan fingerprint density at radius 2 is 1.94 bits per heavy atom. The Morgan fingerprint density at radius 3 is 2.59 bits per heavy atom. The molecule has 0 saturated carbocycles. The quantitative estimate of drug-likeness (QED) is 0.844. The van der Waals surface area contributed by atoms with Gasteiger partial charge in [-0.2, -0.15) is 0 Å². The SMILES string of the molecule is COC(=O)c1cc(-c2ccc(Cl)c(Cl)c2)c[nH]1. The number of H-pyrrole nitrogens is 1. The molecule has 0 aliphatic carbocycles. The van der Waals surface area contributed by atoms with Gasteiger partial charge >= 0.3 is 5.97 Å². The van der Waals surface area contributed by atoms with Gasteiger partial charge < -0.3 is 9.72 Å². The van der Waals surface area contributed by atoms with Crippen LogP contribution in [0.2, 0.25) is 10.0 Å². The van der Waals surface area contributed by atoms with Gasteiger partial charge in [-0.25, -0.2) is 4.79 Å². The van der Waals surface area contributed by atoms with Crippen molar-refractivity contribution in [2.24, 2.45) is 0 Å². The number of nitrogens with one attached hydrogen (secondary N) is 1. The van der Waals surface area contributed by atoms with Gasteiger partial charge in [0.2, 0.25) is 0 Å². The van der Waals surface area contributed by atoms with Crippen LogP contribution in [0.3, 0.4) is 0 Å². The van der Waals surface area contributed by atoms with Crippen molar-refractivity contribution in [3.8, 4) is 11.1 Å². The van der Waals surface area contributed by atoms with E-state index in [2.05, 4.69) is 9.72 Å². The van der Waals surface area contributed by atoms with E-state index in [0.717, 1.165) is 11.1 Å². The number of rotatable bonds is 2. The van der Waals surface area contributed by atoms with E-state index in [9.17, 15) is 4.79 Å². The van der Waals surface area contributed by atoms with Gasteiger partial charge in [-0.05, 0) is 23.8 Å². The molecule has 1 aromatic heterocycles. The maximum absolute atomic E-state index is 11.3. The van der Waals surface area contributed by atoms with E-state index in [1.54, 1.807) is 24.4 Å². The fourth-order valence-electron chi connectivity index (χ4n) is 1.46. The number of carbonyl (C=O) groups is 1. The number of aromatic amines is 1. The third kappa shape index (κ3) is 2.46. The second kappa shape index (κ2) is 4.82. The van der Waals surface area contributed by atoms with Gasteiger partial charge in [0.15, 0.2) is 0 Å². The first kappa shape index (κ1) is 12.0. The predicted octanol–water partition coefficient (Wildman–Crippen LogP) is 3.78. The number of hydrogen-bond donors (Lipinski definition) is 1. The number of esters is 1. The van der Waals surface area contributed by atoms with Crippen LogP contribution in [-0.4, -0.2) is 18.1 Å². The molecule has 2 rings (SSSR count). The smallest absolute Gasteiger partial charge is 0.354 e. The molecule has 3 nitrogen and oxygen atoms in total. The largest absolute Gasteiger partial charge is 0.464 e. The summed E-state index contributed by atoms with van der Waals surface area (Å²) >= 11 is 11.8. The minimum atomic E-state index is -0.406. The first-order valence-electron chi connectivity index (χ1n) is 4.84. The molecule has 0 aliphatic rings. The standard InChI is InChI=1S/C12H9Cl2NO2/c1-17-12(16)11-5-8(6-15-11)7-2-3-9(13)10(14)4-7/h2-6,15H,1H3. The molecule has 0 atom stereocenters. The van der Waals surface area contributed by atoms with E-state index in [0.29, 0.717) is 15.7 Å². The number of methoxy groups -OCH3 is 1. The molecule has 0 saturated heterocycles. The van der Waals surface area contributed by atoms with Crippen molar-refractivity contribution in [2.45, 2.75) is 0 Å². The number of ether oxygens (including phenoxy) is 1. The summed E-state index contributed by atoms with van der Waals surface area (Å²) in [4.78, 5) is 14.1. The topological polar surface area (TPSA) is 42.1 Å². The summed E-state index contributed by atoms with van der Waals surface area (Å²) in [5.41, 5.74) is 2.13. The lowest BCUT2D eigenvalue weighted by atomic mass is 10.1. The minimum absolute atomic E-state index is 0.397. The summed E-state index contributed by atoms with van der Waals surface area (Å²) < 4.78 is 4.61. The van der Waals surface area contributed by atoms with Gasteiger partial charge in [0, 0.05) is 11.8 Å². The lowest BCUT2D eigenvalue weighted by Crippen LogP contribution is -2.00. The maximum atomic E-state index is 11.3. The van der Waals surface area contributed by atoms with Crippen LogP contribution in [0.15, 0.2) is 30.5 Å². The van der Waals surface area contributed by atoms with Gasteiger partial charge in [0.05, 0.1) is 17.2 Å². The Bertz CT molecular complexity index is 563. The Balaban J connectivity index is 2.37. The summed E-state index contributed by atoms with van der Waals surface area (Å²) in [6.07, 6.45) is 1.71. The summed E-state index contributed by atoms with van der Waals surface area (Å²) in [6.45, 7) is 0. The highest BCUT2D eigenvalue weighted by molar-refractivity contribution is 6.42. The van der Waals surface area contributed by atoms with Crippen molar-refractivity contribution in [1.29, 1.82) is 0 Å². The molecule has 5 heteroatoms. The fraction of sp³-hybridized carbons (Fsp3) is 0.0833. The van der Waals surface area contributed by atoms with Crippen molar-refractivity contribution in [1.82, 2.24) is 4.98 Å². The Kier molecular flexibility index (Phi) is 3.41. The third-order valence-corrected chi connectivity index (χ3v) is 3.08. The molecule has 0 fully saturated rings. The molecule has 17 heavy (non-hydrogen) atoms. The first-order chi connectivity index (χ1) is 8.11. The molecular weight excluding hydrogens is 261 g/mol. The van der Waals surface area contributed by atoms with Gasteiger partial charge in [-0.15, -0.1) is 0 Å². The highest BCUT2D eigenvalue weighted by Crippen LogP contribution is 2.28. The van der Waals surface area contributed by atoms with Crippen LogP contribution in [0.5, 0.6) is 0 Å². The second-order valence-corrected chi connectivity index (χ2v) is 4.24. The van der Waals surface area contributed by atoms with Crippen LogP contribution in [-0.2, 0) is 4.74 Å². The molecule has 0 radical (unpaired) electrons. The zero-order valence-electron chi connectivity index (χ0n) is 8.96. The fourth-order valence-corrected chi connectivity index (χ4v) is 1.76. The van der Waals surface area contributed by atoms with E-state index >= 15 is 0 Å². The Morgan fingerprint density at radius 1 is 1.18 bits per heavy atom. The van der Waals surface area contributed by atoms with E-state index in [1.165, 1.54) is 7.11 Å². The van der Waals surface area contributed by atoms with E-state index < -0.39 is 5.97 Å². The molecule has 1 heterocycles. The third-order valence-electron chi connectivity index (χ3n) is 2.34. The summed E-state index contributed by atoms with van der Waals surface area (Å²) in [7, 11) is 1.34. The summed E-state index contributed by atoms with van der Waals surface area (Å²) in [6, 6.07) is 6.99. The average Bonchev–Trinajstić information content (AvgIpc) is 2.81. The number of carbonyl (C=O) groups excluding carboxylic acids is 1. The molecule has 88 valence electrons. The van der Waals surface area contributed by atoms with Crippen LogP contribution >= 0.6 is 23.2 Å². The highest BCUT2D eigenvalue weighted by Gasteiger charge is 2.10. The summed E-state index contributed by atoms with van der Waals surface area (Å²) in [5.74, 6) is -0.406. The number of aromatic nitrogens is 1. The summed E-state index contributed by atoms with van der Waals surface area (Å²) in [5, 5.41) is 0.976. The molecule has 1 aromatic carbocycles. The lowest BCUT2D eigenvalue weighted by molar-refractivity contribution is 0.0595. The van der Waals surface area contributed by atoms with Crippen molar-refractivity contribution >= 4 is 29.2 Å². The minimum Gasteiger partial charge on any atom is -0.464 e. The molecule has 2 aromatic rings. The molecule has 1 N–H and O–H groups in total. The average molecular weight is 270 g/mol. The predicted molar refractivity (Wildman–Crippen MR) is 67.6 cm³/mol. The number of hydrogen-bond acceptors (Lipinski definition) is 2. The number of benzene rings is 1. The lowest BCUT2D eigenvalue weighted by Gasteiger charge is -2.00. The monoisotopic (exact) mass is 269 g/mol. The highest BCUT2D eigenvalue weighted by atomic mass is 35.5. The van der Waals surface area contributed by atoms with Crippen molar-refractivity contribution in [2.75, 3.05) is 7.11 Å². The molecule has 0 aliphatic heterocycles. The zero-order chi connectivity index (χ0) is 12.4. The van der Waals surface area contributed by atoms with Crippen molar-refractivity contribution in [3.05, 3.63) is 46.2 Å².